The van der Waals surface area contributed by atoms with Crippen LogP contribution in [0.25, 0.3) is 0 Å². The molecule has 0 fully saturated rings. The van der Waals surface area contributed by atoms with Crippen molar-refractivity contribution in [1.82, 2.24) is 10.1 Å². The van der Waals surface area contributed by atoms with Gasteiger partial charge >= 0.3 is 6.09 Å². The molecule has 0 saturated carbocycles. The summed E-state index contributed by atoms with van der Waals surface area (Å²) in [4.78, 5) is 24.5. The summed E-state index contributed by atoms with van der Waals surface area (Å²) in [5.41, 5.74) is 2.28. The van der Waals surface area contributed by atoms with Gasteiger partial charge in [0, 0.05) is 17.1 Å². The maximum absolute atomic E-state index is 11.9. The molecule has 1 atom stereocenters. The summed E-state index contributed by atoms with van der Waals surface area (Å²) in [5, 5.41) is 12.4. The van der Waals surface area contributed by atoms with Crippen LogP contribution in [0.4, 0.5) is 4.79 Å². The molecule has 1 unspecified atom stereocenters. The van der Waals surface area contributed by atoms with Gasteiger partial charge in [0.1, 0.15) is 12.4 Å². The van der Waals surface area contributed by atoms with E-state index in [1.54, 1.807) is 18.2 Å². The van der Waals surface area contributed by atoms with E-state index in [0.29, 0.717) is 35.1 Å². The maximum atomic E-state index is 11.9. The van der Waals surface area contributed by atoms with Gasteiger partial charge in [-0.05, 0) is 35.7 Å². The van der Waals surface area contributed by atoms with Crippen LogP contribution >= 0.6 is 11.6 Å². The van der Waals surface area contributed by atoms with Gasteiger partial charge in [-0.2, -0.15) is 5.16 Å². The zero-order chi connectivity index (χ0) is 19.7. The lowest BCUT2D eigenvalue weighted by Crippen LogP contribution is -2.39. The summed E-state index contributed by atoms with van der Waals surface area (Å²) in [6, 6.07) is 13.6. The van der Waals surface area contributed by atoms with E-state index in [2.05, 4.69) is 5.16 Å². The largest absolute Gasteiger partial charge is 0.485 e. The van der Waals surface area contributed by atoms with Crippen LogP contribution < -0.4 is 10.3 Å². The Balaban J connectivity index is 1.76. The van der Waals surface area contributed by atoms with Crippen molar-refractivity contribution in [2.24, 2.45) is 0 Å². The first-order valence-corrected chi connectivity index (χ1v) is 9.08. The molecule has 0 spiro atoms. The van der Waals surface area contributed by atoms with Gasteiger partial charge in [-0.3, -0.25) is 9.69 Å². The number of fused-ring (bicyclic) bond motifs is 1. The van der Waals surface area contributed by atoms with Crippen LogP contribution in [0.15, 0.2) is 57.8 Å². The van der Waals surface area contributed by atoms with Crippen molar-refractivity contribution in [3.8, 4) is 5.75 Å². The third-order valence-electron chi connectivity index (χ3n) is 4.74. The minimum absolute atomic E-state index is 0.0226. The zero-order valence-corrected chi connectivity index (χ0v) is 15.5. The van der Waals surface area contributed by atoms with Gasteiger partial charge in [0.2, 0.25) is 0 Å². The van der Waals surface area contributed by atoms with Crippen molar-refractivity contribution in [2.75, 3.05) is 6.54 Å². The van der Waals surface area contributed by atoms with Crippen LogP contribution in [0.1, 0.15) is 28.5 Å². The number of hydrogen-bond donors (Lipinski definition) is 2. The predicted molar refractivity (Wildman–Crippen MR) is 102 cm³/mol. The average molecular weight is 401 g/mol. The Labute approximate surface area is 165 Å². The molecule has 4 rings (SSSR count). The second-order valence-electron chi connectivity index (χ2n) is 6.48. The average Bonchev–Trinajstić information content (AvgIpc) is 3.11. The second-order valence-corrected chi connectivity index (χ2v) is 6.91. The van der Waals surface area contributed by atoms with Crippen LogP contribution in [0, 0.1) is 0 Å². The minimum atomic E-state index is -1.01. The van der Waals surface area contributed by atoms with Crippen LogP contribution in [-0.2, 0) is 13.0 Å². The highest BCUT2D eigenvalue weighted by molar-refractivity contribution is 6.30. The van der Waals surface area contributed by atoms with Crippen LogP contribution in [0.3, 0.4) is 0 Å². The molecule has 1 amide bonds. The smallest absolute Gasteiger partial charge is 0.408 e. The van der Waals surface area contributed by atoms with Gasteiger partial charge in [-0.1, -0.05) is 35.9 Å². The number of hydrogen-bond acceptors (Lipinski definition) is 4. The highest BCUT2D eigenvalue weighted by atomic mass is 35.5. The van der Waals surface area contributed by atoms with E-state index >= 15 is 0 Å². The Morgan fingerprint density at radius 2 is 2.07 bits per heavy atom. The van der Waals surface area contributed by atoms with E-state index in [-0.39, 0.29) is 12.2 Å². The number of H-pyrrole nitrogens is 1. The van der Waals surface area contributed by atoms with E-state index in [1.165, 1.54) is 11.0 Å². The zero-order valence-electron chi connectivity index (χ0n) is 14.7. The second kappa shape index (κ2) is 7.44. The first kappa shape index (κ1) is 18.2. The van der Waals surface area contributed by atoms with E-state index in [0.717, 1.165) is 11.1 Å². The summed E-state index contributed by atoms with van der Waals surface area (Å²) < 4.78 is 10.9. The fourth-order valence-corrected chi connectivity index (χ4v) is 3.69. The van der Waals surface area contributed by atoms with Crippen molar-refractivity contribution >= 4 is 17.7 Å². The molecule has 0 radical (unpaired) electrons. The molecule has 0 aliphatic carbocycles. The number of nitrogens with one attached hydrogen (secondary N) is 1. The van der Waals surface area contributed by atoms with Crippen LogP contribution in [0.2, 0.25) is 5.02 Å². The first-order chi connectivity index (χ1) is 13.5. The van der Waals surface area contributed by atoms with E-state index in [1.807, 2.05) is 24.3 Å². The van der Waals surface area contributed by atoms with Crippen molar-refractivity contribution < 1.29 is 19.2 Å². The Morgan fingerprint density at radius 1 is 1.25 bits per heavy atom. The van der Waals surface area contributed by atoms with E-state index in [4.69, 9.17) is 20.9 Å². The molecule has 8 heteroatoms. The van der Waals surface area contributed by atoms with E-state index in [9.17, 15) is 14.7 Å². The molecule has 144 valence electrons. The SMILES string of the molecule is O=C(O)N1CCc2ccccc2C1c1cc(Cl)ccc1OCc1cc(=O)[nH]o1. The van der Waals surface area contributed by atoms with Gasteiger partial charge in [-0.25, -0.2) is 4.79 Å². The van der Waals surface area contributed by atoms with Crippen molar-refractivity contribution in [2.45, 2.75) is 19.1 Å². The normalized spacial score (nSPS) is 15.9. The molecule has 7 nitrogen and oxygen atoms in total. The number of aromatic nitrogens is 1. The lowest BCUT2D eigenvalue weighted by Gasteiger charge is -2.36. The summed E-state index contributed by atoms with van der Waals surface area (Å²) in [7, 11) is 0. The van der Waals surface area contributed by atoms with Gasteiger partial charge in [0.15, 0.2) is 5.76 Å². The molecule has 0 bridgehead atoms. The number of benzene rings is 2. The van der Waals surface area contributed by atoms with Crippen molar-refractivity contribution in [3.05, 3.63) is 86.4 Å². The van der Waals surface area contributed by atoms with Gasteiger partial charge in [-0.15, -0.1) is 0 Å². The third kappa shape index (κ3) is 3.48. The number of aromatic amines is 1. The quantitative estimate of drug-likeness (QED) is 0.694. The molecular formula is C20H17ClN2O5. The highest BCUT2D eigenvalue weighted by Gasteiger charge is 2.33. The summed E-state index contributed by atoms with van der Waals surface area (Å²) in [6.45, 7) is 0.393. The van der Waals surface area contributed by atoms with Gasteiger partial charge < -0.3 is 14.4 Å². The summed E-state index contributed by atoms with van der Waals surface area (Å²) in [6.07, 6.45) is -0.369. The molecule has 2 aromatic carbocycles. The Kier molecular flexibility index (Phi) is 4.83. The molecule has 1 aliphatic heterocycles. The molecule has 2 N–H and O–H groups in total. The maximum Gasteiger partial charge on any atom is 0.408 e. The fraction of sp³-hybridized carbons (Fsp3) is 0.200. The van der Waals surface area contributed by atoms with Crippen LogP contribution in [-0.4, -0.2) is 27.8 Å². The highest BCUT2D eigenvalue weighted by Crippen LogP contribution is 2.40. The number of nitrogens with zero attached hydrogens (tertiary/aromatic N) is 1. The van der Waals surface area contributed by atoms with Gasteiger partial charge in [0.25, 0.3) is 5.56 Å². The molecule has 3 aromatic rings. The van der Waals surface area contributed by atoms with Crippen molar-refractivity contribution in [1.29, 1.82) is 0 Å². The number of carboxylic acid groups (broad SMARTS) is 1. The Hall–Kier alpha value is -3.19. The van der Waals surface area contributed by atoms with Crippen LogP contribution in [0.5, 0.6) is 5.75 Å². The first-order valence-electron chi connectivity index (χ1n) is 8.70. The van der Waals surface area contributed by atoms with Gasteiger partial charge in [0.05, 0.1) is 12.1 Å². The molecular weight excluding hydrogens is 384 g/mol. The minimum Gasteiger partial charge on any atom is -0.485 e. The molecule has 28 heavy (non-hydrogen) atoms. The molecule has 1 aliphatic rings. The van der Waals surface area contributed by atoms with Crippen molar-refractivity contribution in [3.63, 3.8) is 0 Å². The fourth-order valence-electron chi connectivity index (χ4n) is 3.51. The molecule has 0 saturated heterocycles. The monoisotopic (exact) mass is 400 g/mol. The number of halogens is 1. The lowest BCUT2D eigenvalue weighted by molar-refractivity contribution is 0.128. The Morgan fingerprint density at radius 3 is 2.82 bits per heavy atom. The third-order valence-corrected chi connectivity index (χ3v) is 4.98. The summed E-state index contributed by atoms with van der Waals surface area (Å²) in [5.74, 6) is 0.811. The molecule has 2 heterocycles. The Bertz CT molecular complexity index is 1070. The lowest BCUT2D eigenvalue weighted by atomic mass is 9.88. The van der Waals surface area contributed by atoms with E-state index < -0.39 is 12.1 Å². The topological polar surface area (TPSA) is 95.8 Å². The predicted octanol–water partition coefficient (Wildman–Crippen LogP) is 3.83. The number of amides is 1. The molecule has 1 aromatic heterocycles. The number of carbonyl (C=O) groups is 1. The number of rotatable bonds is 4. The standard InChI is InChI=1S/C20H17ClN2O5/c21-13-5-6-17(27-11-14-10-18(24)22-28-14)16(9-13)19-15-4-2-1-3-12(15)7-8-23(19)20(25)26/h1-6,9-10,19H,7-8,11H2,(H,22,24)(H,25,26). The summed E-state index contributed by atoms with van der Waals surface area (Å²) >= 11 is 6.22. The number of ether oxygens (including phenoxy) is 1.